The number of rotatable bonds is 2. The molecule has 1 aromatic rings. The number of hydrogen-bond donors (Lipinski definition) is 1. The van der Waals surface area contributed by atoms with E-state index in [9.17, 15) is 8.78 Å². The van der Waals surface area contributed by atoms with Crippen LogP contribution in [0.15, 0.2) is 6.07 Å². The van der Waals surface area contributed by atoms with Crippen molar-refractivity contribution in [3.63, 3.8) is 0 Å². The summed E-state index contributed by atoms with van der Waals surface area (Å²) in [6.07, 6.45) is 3.48. The van der Waals surface area contributed by atoms with E-state index in [1.165, 1.54) is 12.8 Å². The number of pyridine rings is 1. The Bertz CT molecular complexity index is 474. The van der Waals surface area contributed by atoms with Gasteiger partial charge in [-0.25, -0.2) is 13.8 Å². The first-order chi connectivity index (χ1) is 9.15. The third-order valence-corrected chi connectivity index (χ3v) is 4.06. The van der Waals surface area contributed by atoms with Crippen molar-refractivity contribution in [3.05, 3.63) is 17.7 Å². The molecule has 2 saturated heterocycles. The van der Waals surface area contributed by atoms with Gasteiger partial charge in [-0.15, -0.1) is 0 Å². The quantitative estimate of drug-likeness (QED) is 0.885. The minimum Gasteiger partial charge on any atom is -0.381 e. The molecule has 0 aliphatic carbocycles. The fourth-order valence-electron chi connectivity index (χ4n) is 3.03. The average molecular weight is 268 g/mol. The Kier molecular flexibility index (Phi) is 3.26. The Labute approximate surface area is 111 Å². The zero-order chi connectivity index (χ0) is 13.4. The summed E-state index contributed by atoms with van der Waals surface area (Å²) in [5.41, 5.74) is 5.42. The zero-order valence-corrected chi connectivity index (χ0v) is 10.8. The van der Waals surface area contributed by atoms with E-state index < -0.39 is 11.6 Å². The minimum atomic E-state index is -0.795. The highest BCUT2D eigenvalue weighted by Gasteiger charge is 2.31. The average Bonchev–Trinajstić information content (AvgIpc) is 3.03. The Hall–Kier alpha value is -1.43. The number of halogens is 2. The summed E-state index contributed by atoms with van der Waals surface area (Å²) in [7, 11) is 0. The van der Waals surface area contributed by atoms with E-state index in [1.54, 1.807) is 0 Å². The Morgan fingerprint density at radius 2 is 1.89 bits per heavy atom. The summed E-state index contributed by atoms with van der Waals surface area (Å²) in [4.78, 5) is 8.17. The number of nitrogens with zero attached hydrogens (tertiary/aromatic N) is 3. The van der Waals surface area contributed by atoms with E-state index in [0.29, 0.717) is 6.04 Å². The molecular formula is C13H18F2N4. The van der Waals surface area contributed by atoms with Crippen LogP contribution in [0.1, 0.15) is 19.3 Å². The molecule has 2 aliphatic rings. The predicted molar refractivity (Wildman–Crippen MR) is 70.0 cm³/mol. The lowest BCUT2D eigenvalue weighted by Crippen LogP contribution is -2.35. The number of nitrogens with two attached hydrogens (primary N) is 1. The first-order valence-corrected chi connectivity index (χ1v) is 6.75. The lowest BCUT2D eigenvalue weighted by atomic mass is 10.2. The largest absolute Gasteiger partial charge is 0.381 e. The summed E-state index contributed by atoms with van der Waals surface area (Å²) >= 11 is 0. The summed E-state index contributed by atoms with van der Waals surface area (Å²) < 4.78 is 26.9. The van der Waals surface area contributed by atoms with Crippen molar-refractivity contribution < 1.29 is 8.78 Å². The maximum Gasteiger partial charge on any atom is 0.168 e. The van der Waals surface area contributed by atoms with Crippen molar-refractivity contribution in [2.45, 2.75) is 25.3 Å². The van der Waals surface area contributed by atoms with Crippen LogP contribution in [0.5, 0.6) is 0 Å². The van der Waals surface area contributed by atoms with Gasteiger partial charge in [-0.1, -0.05) is 0 Å². The Morgan fingerprint density at radius 3 is 2.63 bits per heavy atom. The molecule has 2 N–H and O–H groups in total. The molecule has 19 heavy (non-hydrogen) atoms. The second kappa shape index (κ2) is 4.92. The van der Waals surface area contributed by atoms with Gasteiger partial charge in [0.15, 0.2) is 23.3 Å². The molecule has 0 bridgehead atoms. The van der Waals surface area contributed by atoms with Crippen LogP contribution >= 0.6 is 0 Å². The molecule has 3 rings (SSSR count). The third kappa shape index (κ3) is 2.36. The maximum absolute atomic E-state index is 13.8. The molecule has 2 fully saturated rings. The molecular weight excluding hydrogens is 250 g/mol. The van der Waals surface area contributed by atoms with Crippen LogP contribution in [0.25, 0.3) is 0 Å². The van der Waals surface area contributed by atoms with Gasteiger partial charge in [0.05, 0.1) is 0 Å². The third-order valence-electron chi connectivity index (χ3n) is 4.06. The van der Waals surface area contributed by atoms with Crippen LogP contribution in [0.2, 0.25) is 0 Å². The van der Waals surface area contributed by atoms with Gasteiger partial charge in [0.2, 0.25) is 0 Å². The summed E-state index contributed by atoms with van der Waals surface area (Å²) in [5, 5.41) is 0. The monoisotopic (exact) mass is 268 g/mol. The maximum atomic E-state index is 13.8. The lowest BCUT2D eigenvalue weighted by molar-refractivity contribution is 0.260. The zero-order valence-electron chi connectivity index (χ0n) is 10.8. The van der Waals surface area contributed by atoms with Gasteiger partial charge < -0.3 is 10.6 Å². The number of hydrogen-bond acceptors (Lipinski definition) is 4. The first kappa shape index (κ1) is 12.6. The molecule has 2 aliphatic heterocycles. The van der Waals surface area contributed by atoms with E-state index >= 15 is 0 Å². The molecule has 3 heterocycles. The van der Waals surface area contributed by atoms with E-state index in [1.807, 2.05) is 4.90 Å². The number of nitrogen functional groups attached to an aromatic ring is 1. The van der Waals surface area contributed by atoms with Crippen molar-refractivity contribution in [3.8, 4) is 0 Å². The van der Waals surface area contributed by atoms with Gasteiger partial charge in [-0.2, -0.15) is 0 Å². The summed E-state index contributed by atoms with van der Waals surface area (Å²) in [6, 6.07) is 1.27. The second-order valence-electron chi connectivity index (χ2n) is 5.29. The lowest BCUT2D eigenvalue weighted by Gasteiger charge is -2.24. The highest BCUT2D eigenvalue weighted by Crippen LogP contribution is 2.27. The summed E-state index contributed by atoms with van der Waals surface area (Å²) in [5.74, 6) is -1.48. The molecule has 0 amide bonds. The Morgan fingerprint density at radius 1 is 1.16 bits per heavy atom. The number of likely N-dealkylation sites (tertiary alicyclic amines) is 1. The van der Waals surface area contributed by atoms with Crippen molar-refractivity contribution in [2.75, 3.05) is 36.8 Å². The van der Waals surface area contributed by atoms with Gasteiger partial charge in [0, 0.05) is 25.2 Å². The van der Waals surface area contributed by atoms with Crippen molar-refractivity contribution >= 4 is 11.6 Å². The standard InChI is InChI=1S/C13H18F2N4/c14-10-7-11(15)13(17-12(10)16)19-6-3-9(8-19)18-4-1-2-5-18/h7,9H,1-6,8H2,(H2,16,17). The van der Waals surface area contributed by atoms with Crippen LogP contribution in [0.4, 0.5) is 20.4 Å². The molecule has 104 valence electrons. The van der Waals surface area contributed by atoms with Crippen LogP contribution in [0.3, 0.4) is 0 Å². The van der Waals surface area contributed by atoms with Crippen LogP contribution in [-0.2, 0) is 0 Å². The summed E-state index contributed by atoms with van der Waals surface area (Å²) in [6.45, 7) is 3.74. The molecule has 1 atom stereocenters. The fraction of sp³-hybridized carbons (Fsp3) is 0.615. The van der Waals surface area contributed by atoms with Crippen LogP contribution in [0, 0.1) is 11.6 Å². The molecule has 0 spiro atoms. The molecule has 4 nitrogen and oxygen atoms in total. The molecule has 1 unspecified atom stereocenters. The molecule has 1 aromatic heterocycles. The number of anilines is 2. The van der Waals surface area contributed by atoms with Crippen molar-refractivity contribution in [1.82, 2.24) is 9.88 Å². The molecule has 6 heteroatoms. The Balaban J connectivity index is 1.75. The molecule has 0 radical (unpaired) electrons. The van der Waals surface area contributed by atoms with Gasteiger partial charge in [-0.3, -0.25) is 4.90 Å². The second-order valence-corrected chi connectivity index (χ2v) is 5.29. The topological polar surface area (TPSA) is 45.4 Å². The fourth-order valence-corrected chi connectivity index (χ4v) is 3.03. The van der Waals surface area contributed by atoms with Gasteiger partial charge in [0.1, 0.15) is 0 Å². The van der Waals surface area contributed by atoms with Crippen molar-refractivity contribution in [2.24, 2.45) is 0 Å². The van der Waals surface area contributed by atoms with E-state index in [0.717, 1.165) is 38.7 Å². The normalized spacial score (nSPS) is 24.3. The van der Waals surface area contributed by atoms with E-state index in [4.69, 9.17) is 5.73 Å². The van der Waals surface area contributed by atoms with Crippen LogP contribution in [-0.4, -0.2) is 42.1 Å². The molecule has 0 aromatic carbocycles. The highest BCUT2D eigenvalue weighted by molar-refractivity contribution is 5.48. The smallest absolute Gasteiger partial charge is 0.168 e. The van der Waals surface area contributed by atoms with Gasteiger partial charge in [-0.05, 0) is 32.4 Å². The van der Waals surface area contributed by atoms with Gasteiger partial charge in [0.25, 0.3) is 0 Å². The van der Waals surface area contributed by atoms with Gasteiger partial charge >= 0.3 is 0 Å². The van der Waals surface area contributed by atoms with E-state index in [-0.39, 0.29) is 11.6 Å². The first-order valence-electron chi connectivity index (χ1n) is 6.75. The SMILES string of the molecule is Nc1nc(N2CCC(N3CCCC3)C2)c(F)cc1F. The van der Waals surface area contributed by atoms with Crippen molar-refractivity contribution in [1.29, 1.82) is 0 Å². The van der Waals surface area contributed by atoms with Crippen LogP contribution < -0.4 is 10.6 Å². The van der Waals surface area contributed by atoms with E-state index in [2.05, 4.69) is 9.88 Å². The number of aromatic nitrogens is 1. The molecule has 0 saturated carbocycles. The minimum absolute atomic E-state index is 0.181. The predicted octanol–water partition coefficient (Wildman–Crippen LogP) is 1.62. The highest BCUT2D eigenvalue weighted by atomic mass is 19.1.